The Morgan fingerprint density at radius 2 is 2.00 bits per heavy atom. The van der Waals surface area contributed by atoms with Crippen LogP contribution in [0, 0.1) is 5.82 Å². The van der Waals surface area contributed by atoms with Crippen molar-refractivity contribution in [1.82, 2.24) is 4.90 Å². The van der Waals surface area contributed by atoms with Crippen LogP contribution in [-0.2, 0) is 21.2 Å². The van der Waals surface area contributed by atoms with E-state index in [0.29, 0.717) is 5.56 Å². The van der Waals surface area contributed by atoms with E-state index in [4.69, 9.17) is 0 Å². The van der Waals surface area contributed by atoms with E-state index < -0.39 is 27.3 Å². The molecule has 0 fully saturated rings. The molecule has 0 saturated heterocycles. The average molecular weight is 299 g/mol. The second-order valence-corrected chi connectivity index (χ2v) is 6.57. The fourth-order valence-electron chi connectivity index (χ4n) is 1.57. The molecule has 0 heterocycles. The Balaban J connectivity index is 2.66. The maximum Gasteiger partial charge on any atom is 0.237 e. The summed E-state index contributed by atoms with van der Waals surface area (Å²) in [4.78, 5) is 13.1. The summed E-state index contributed by atoms with van der Waals surface area (Å²) >= 11 is 0. The van der Waals surface area contributed by atoms with Crippen molar-refractivity contribution in [2.45, 2.75) is 13.5 Å². The lowest BCUT2D eigenvalue weighted by atomic mass is 10.2. The molecule has 0 spiro atoms. The minimum atomic E-state index is -3.46. The van der Waals surface area contributed by atoms with E-state index in [0.717, 1.165) is 0 Å². The highest BCUT2D eigenvalue weighted by molar-refractivity contribution is 7.92. The molecule has 0 unspecified atom stereocenters. The molecule has 0 N–H and O–H groups in total. The Kier molecular flexibility index (Phi) is 5.88. The third-order valence-electron chi connectivity index (χ3n) is 2.72. The second kappa shape index (κ2) is 7.19. The molecule has 1 aromatic rings. The number of allylic oxidation sites excluding steroid dienone is 1. The van der Waals surface area contributed by atoms with Gasteiger partial charge in [-0.1, -0.05) is 30.4 Å². The Hall–Kier alpha value is -1.69. The number of nitrogens with zero attached hydrogens (tertiary/aromatic N) is 1. The summed E-state index contributed by atoms with van der Waals surface area (Å²) in [7, 11) is -2.00. The lowest BCUT2D eigenvalue weighted by Crippen LogP contribution is -2.33. The van der Waals surface area contributed by atoms with Gasteiger partial charge in [0.05, 0.1) is 5.75 Å². The molecular formula is C14H18FNO3S. The SMILES string of the molecule is C/C=C/CS(=O)(=O)CC(=O)N(C)Cc1ccccc1F. The van der Waals surface area contributed by atoms with E-state index in [1.54, 1.807) is 31.2 Å². The Morgan fingerprint density at radius 3 is 2.60 bits per heavy atom. The Bertz CT molecular complexity index is 596. The summed E-state index contributed by atoms with van der Waals surface area (Å²) in [6.07, 6.45) is 3.10. The summed E-state index contributed by atoms with van der Waals surface area (Å²) in [6.45, 7) is 1.76. The first-order chi connectivity index (χ1) is 9.35. The highest BCUT2D eigenvalue weighted by Gasteiger charge is 2.19. The predicted octanol–water partition coefficient (Wildman–Crippen LogP) is 1.77. The molecule has 0 bridgehead atoms. The number of benzene rings is 1. The van der Waals surface area contributed by atoms with Gasteiger partial charge in [0.25, 0.3) is 0 Å². The largest absolute Gasteiger partial charge is 0.340 e. The third-order valence-corrected chi connectivity index (χ3v) is 4.11. The lowest BCUT2D eigenvalue weighted by molar-refractivity contribution is -0.127. The van der Waals surface area contributed by atoms with Crippen LogP contribution in [0.1, 0.15) is 12.5 Å². The first-order valence-electron chi connectivity index (χ1n) is 6.14. The van der Waals surface area contributed by atoms with Gasteiger partial charge < -0.3 is 4.90 Å². The van der Waals surface area contributed by atoms with E-state index in [2.05, 4.69) is 0 Å². The van der Waals surface area contributed by atoms with Gasteiger partial charge in [-0.25, -0.2) is 12.8 Å². The van der Waals surface area contributed by atoms with Gasteiger partial charge in [0.1, 0.15) is 11.6 Å². The monoisotopic (exact) mass is 299 g/mol. The molecule has 0 aliphatic carbocycles. The number of rotatable bonds is 6. The molecule has 1 aromatic carbocycles. The lowest BCUT2D eigenvalue weighted by Gasteiger charge is -2.17. The number of hydrogen-bond donors (Lipinski definition) is 0. The smallest absolute Gasteiger partial charge is 0.237 e. The number of hydrogen-bond acceptors (Lipinski definition) is 3. The number of carbonyl (C=O) groups is 1. The quantitative estimate of drug-likeness (QED) is 0.752. The van der Waals surface area contributed by atoms with Crippen molar-refractivity contribution >= 4 is 15.7 Å². The minimum Gasteiger partial charge on any atom is -0.340 e. The number of halogens is 1. The topological polar surface area (TPSA) is 54.5 Å². The summed E-state index contributed by atoms with van der Waals surface area (Å²) < 4.78 is 36.8. The highest BCUT2D eigenvalue weighted by Crippen LogP contribution is 2.09. The first-order valence-corrected chi connectivity index (χ1v) is 7.97. The number of carbonyl (C=O) groups excluding carboxylic acids is 1. The van der Waals surface area contributed by atoms with Gasteiger partial charge in [-0.15, -0.1) is 0 Å². The van der Waals surface area contributed by atoms with Crippen molar-refractivity contribution in [2.75, 3.05) is 18.6 Å². The van der Waals surface area contributed by atoms with Gasteiger partial charge in [-0.2, -0.15) is 0 Å². The van der Waals surface area contributed by atoms with Crippen molar-refractivity contribution in [1.29, 1.82) is 0 Å². The van der Waals surface area contributed by atoms with Gasteiger partial charge >= 0.3 is 0 Å². The molecule has 0 radical (unpaired) electrons. The maximum atomic E-state index is 13.5. The van der Waals surface area contributed by atoms with Crippen molar-refractivity contribution in [3.63, 3.8) is 0 Å². The van der Waals surface area contributed by atoms with Gasteiger partial charge in [-0.05, 0) is 13.0 Å². The highest BCUT2D eigenvalue weighted by atomic mass is 32.2. The standard InChI is InChI=1S/C14H18FNO3S/c1-3-4-9-20(18,19)11-14(17)16(2)10-12-7-5-6-8-13(12)15/h3-8H,9-11H2,1-2H3/b4-3+. The summed E-state index contributed by atoms with van der Waals surface area (Å²) in [6, 6.07) is 6.09. The van der Waals surface area contributed by atoms with E-state index in [-0.39, 0.29) is 12.3 Å². The molecule has 6 heteroatoms. The summed E-state index contributed by atoms with van der Waals surface area (Å²) in [5, 5.41) is 0. The van der Waals surface area contributed by atoms with Crippen LogP contribution in [0.4, 0.5) is 4.39 Å². The van der Waals surface area contributed by atoms with Gasteiger partial charge in [-0.3, -0.25) is 4.79 Å². The van der Waals surface area contributed by atoms with Crippen LogP contribution < -0.4 is 0 Å². The maximum absolute atomic E-state index is 13.5. The van der Waals surface area contributed by atoms with E-state index >= 15 is 0 Å². The van der Waals surface area contributed by atoms with E-state index in [1.165, 1.54) is 24.1 Å². The third kappa shape index (κ3) is 5.13. The fraction of sp³-hybridized carbons (Fsp3) is 0.357. The van der Waals surface area contributed by atoms with Crippen molar-refractivity contribution in [3.05, 3.63) is 47.8 Å². The summed E-state index contributed by atoms with van der Waals surface area (Å²) in [5.74, 6) is -1.69. The Labute approximate surface area is 118 Å². The predicted molar refractivity (Wildman–Crippen MR) is 76.3 cm³/mol. The molecule has 0 aliphatic heterocycles. The van der Waals surface area contributed by atoms with Gasteiger partial charge in [0.15, 0.2) is 9.84 Å². The van der Waals surface area contributed by atoms with Crippen molar-refractivity contribution in [2.24, 2.45) is 0 Å². The zero-order valence-corrected chi connectivity index (χ0v) is 12.4. The molecule has 20 heavy (non-hydrogen) atoms. The number of sulfone groups is 1. The average Bonchev–Trinajstić information content (AvgIpc) is 2.38. The van der Waals surface area contributed by atoms with Crippen LogP contribution >= 0.6 is 0 Å². The molecule has 4 nitrogen and oxygen atoms in total. The number of amides is 1. The Morgan fingerprint density at radius 1 is 1.35 bits per heavy atom. The normalized spacial score (nSPS) is 11.8. The minimum absolute atomic E-state index is 0.0463. The van der Waals surface area contributed by atoms with Gasteiger partial charge in [0.2, 0.25) is 5.91 Å². The van der Waals surface area contributed by atoms with Crippen molar-refractivity contribution in [3.8, 4) is 0 Å². The molecular weight excluding hydrogens is 281 g/mol. The van der Waals surface area contributed by atoms with Gasteiger partial charge in [0, 0.05) is 19.2 Å². The van der Waals surface area contributed by atoms with E-state index in [1.807, 2.05) is 0 Å². The zero-order valence-electron chi connectivity index (χ0n) is 11.5. The summed E-state index contributed by atoms with van der Waals surface area (Å²) in [5.41, 5.74) is 0.356. The van der Waals surface area contributed by atoms with E-state index in [9.17, 15) is 17.6 Å². The molecule has 0 atom stereocenters. The molecule has 0 aliphatic rings. The van der Waals surface area contributed by atoms with Crippen LogP contribution in [0.3, 0.4) is 0 Å². The first kappa shape index (κ1) is 16.4. The molecule has 1 amide bonds. The van der Waals surface area contributed by atoms with Crippen LogP contribution in [0.25, 0.3) is 0 Å². The molecule has 0 aromatic heterocycles. The molecule has 110 valence electrons. The van der Waals surface area contributed by atoms with Crippen LogP contribution in [0.2, 0.25) is 0 Å². The zero-order chi connectivity index (χ0) is 15.2. The second-order valence-electron chi connectivity index (χ2n) is 4.46. The van der Waals surface area contributed by atoms with Crippen molar-refractivity contribution < 1.29 is 17.6 Å². The molecule has 0 saturated carbocycles. The van der Waals surface area contributed by atoms with Crippen LogP contribution in [0.15, 0.2) is 36.4 Å². The fourth-order valence-corrected chi connectivity index (χ4v) is 2.77. The van der Waals surface area contributed by atoms with Crippen LogP contribution in [-0.4, -0.2) is 37.8 Å². The van der Waals surface area contributed by atoms with Crippen LogP contribution in [0.5, 0.6) is 0 Å². The molecule has 1 rings (SSSR count).